The summed E-state index contributed by atoms with van der Waals surface area (Å²) in [5.74, 6) is -7.31. The van der Waals surface area contributed by atoms with Gasteiger partial charge in [-0.1, -0.05) is 26.0 Å². The second-order valence-electron chi connectivity index (χ2n) is 8.44. The summed E-state index contributed by atoms with van der Waals surface area (Å²) in [5, 5.41) is 34.3. The van der Waals surface area contributed by atoms with E-state index in [-0.39, 0.29) is 12.2 Å². The van der Waals surface area contributed by atoms with Gasteiger partial charge in [0.15, 0.2) is 0 Å². The largest absolute Gasteiger partial charge is 0.508 e. The molecule has 0 bridgehead atoms. The van der Waals surface area contributed by atoms with Gasteiger partial charge in [-0.3, -0.25) is 24.0 Å². The number of carboxylic acids is 2. The van der Waals surface area contributed by atoms with Crippen molar-refractivity contribution in [2.75, 3.05) is 0 Å². The summed E-state index contributed by atoms with van der Waals surface area (Å²) in [6.45, 7) is 3.19. The number of aliphatic carboxylic acids is 2. The number of rotatable bonds is 14. The molecule has 4 amide bonds. The molecule has 0 aliphatic heterocycles. The van der Waals surface area contributed by atoms with Gasteiger partial charge >= 0.3 is 11.9 Å². The molecule has 14 heteroatoms. The number of aromatic hydroxyl groups is 1. The van der Waals surface area contributed by atoms with Crippen LogP contribution in [0.25, 0.3) is 0 Å². The number of carboxylic acid groups (broad SMARTS) is 2. The Balaban J connectivity index is 2.94. The Morgan fingerprint density at radius 3 is 1.86 bits per heavy atom. The molecule has 198 valence electrons. The zero-order valence-electron chi connectivity index (χ0n) is 19.8. The number of benzene rings is 1. The van der Waals surface area contributed by atoms with E-state index in [0.29, 0.717) is 5.56 Å². The molecule has 0 heterocycles. The number of amides is 4. The van der Waals surface area contributed by atoms with Gasteiger partial charge in [-0.05, 0) is 30.0 Å². The van der Waals surface area contributed by atoms with E-state index < -0.39 is 78.5 Å². The summed E-state index contributed by atoms with van der Waals surface area (Å²) < 4.78 is 0. The summed E-state index contributed by atoms with van der Waals surface area (Å²) >= 11 is 0. The van der Waals surface area contributed by atoms with Crippen molar-refractivity contribution in [1.82, 2.24) is 16.0 Å². The van der Waals surface area contributed by atoms with Crippen LogP contribution in [0.3, 0.4) is 0 Å². The molecular formula is C22H31N5O9. The van der Waals surface area contributed by atoms with Crippen molar-refractivity contribution < 1.29 is 44.1 Å². The van der Waals surface area contributed by atoms with Crippen molar-refractivity contribution in [2.24, 2.45) is 17.4 Å². The summed E-state index contributed by atoms with van der Waals surface area (Å²) in [5.41, 5.74) is 11.6. The highest BCUT2D eigenvalue weighted by Gasteiger charge is 2.33. The number of carbonyl (C=O) groups is 6. The zero-order valence-corrected chi connectivity index (χ0v) is 19.8. The second kappa shape index (κ2) is 13.6. The lowest BCUT2D eigenvalue weighted by Gasteiger charge is -2.26. The van der Waals surface area contributed by atoms with Crippen LogP contribution in [0.1, 0.15) is 32.3 Å². The number of nitrogens with one attached hydrogen (secondary N) is 3. The molecule has 1 aromatic carbocycles. The number of nitrogens with two attached hydrogens (primary N) is 2. The lowest BCUT2D eigenvalue weighted by atomic mass is 10.0. The maximum absolute atomic E-state index is 12.9. The Labute approximate surface area is 206 Å². The van der Waals surface area contributed by atoms with Gasteiger partial charge in [0.25, 0.3) is 0 Å². The molecule has 0 fully saturated rings. The van der Waals surface area contributed by atoms with Crippen molar-refractivity contribution in [3.8, 4) is 5.75 Å². The first-order valence-electron chi connectivity index (χ1n) is 10.9. The fraction of sp³-hybridized carbons (Fsp3) is 0.455. The summed E-state index contributed by atoms with van der Waals surface area (Å²) in [7, 11) is 0. The lowest BCUT2D eigenvalue weighted by Crippen LogP contribution is -2.59. The van der Waals surface area contributed by atoms with Gasteiger partial charge in [-0.15, -0.1) is 0 Å². The van der Waals surface area contributed by atoms with E-state index in [1.54, 1.807) is 26.0 Å². The maximum Gasteiger partial charge on any atom is 0.326 e. The number of hydrogen-bond donors (Lipinski definition) is 8. The van der Waals surface area contributed by atoms with Crippen molar-refractivity contribution in [3.05, 3.63) is 29.8 Å². The first-order valence-corrected chi connectivity index (χ1v) is 10.9. The molecule has 10 N–H and O–H groups in total. The zero-order chi connectivity index (χ0) is 27.6. The molecule has 1 aromatic rings. The Morgan fingerprint density at radius 2 is 1.39 bits per heavy atom. The molecule has 36 heavy (non-hydrogen) atoms. The molecule has 0 aliphatic carbocycles. The van der Waals surface area contributed by atoms with Crippen LogP contribution in [0.2, 0.25) is 0 Å². The van der Waals surface area contributed by atoms with Gasteiger partial charge in [-0.25, -0.2) is 4.79 Å². The maximum atomic E-state index is 12.9. The standard InChI is InChI=1S/C22H31N5O9/c1-10(2)18(27-19(32)13(23)7-11-3-5-12(28)6-4-11)21(34)25-14(9-17(30)31)20(33)26-15(22(35)36)8-16(24)29/h3-6,10,13-15,18,28H,7-9,23H2,1-2H3,(H2,24,29)(H,25,34)(H,26,33)(H,27,32)(H,30,31)(H,35,36). The molecule has 4 atom stereocenters. The van der Waals surface area contributed by atoms with E-state index in [4.69, 9.17) is 21.7 Å². The van der Waals surface area contributed by atoms with Crippen molar-refractivity contribution in [3.63, 3.8) is 0 Å². The second-order valence-corrected chi connectivity index (χ2v) is 8.44. The normalized spacial score (nSPS) is 14.1. The molecule has 4 unspecified atom stereocenters. The fourth-order valence-corrected chi connectivity index (χ4v) is 3.09. The van der Waals surface area contributed by atoms with Crippen molar-refractivity contribution in [2.45, 2.75) is 57.3 Å². The minimum Gasteiger partial charge on any atom is -0.508 e. The Kier molecular flexibility index (Phi) is 11.3. The van der Waals surface area contributed by atoms with Crippen LogP contribution in [0.15, 0.2) is 24.3 Å². The predicted molar refractivity (Wildman–Crippen MR) is 124 cm³/mol. The Morgan fingerprint density at radius 1 is 0.833 bits per heavy atom. The summed E-state index contributed by atoms with van der Waals surface area (Å²) in [6.07, 6.45) is -1.56. The smallest absolute Gasteiger partial charge is 0.326 e. The van der Waals surface area contributed by atoms with E-state index in [2.05, 4.69) is 10.6 Å². The monoisotopic (exact) mass is 509 g/mol. The first-order chi connectivity index (χ1) is 16.7. The van der Waals surface area contributed by atoms with Gasteiger partial charge in [-0.2, -0.15) is 0 Å². The van der Waals surface area contributed by atoms with Crippen LogP contribution in [0.5, 0.6) is 5.75 Å². The molecule has 0 spiro atoms. The molecule has 0 radical (unpaired) electrons. The van der Waals surface area contributed by atoms with Crippen LogP contribution in [0.4, 0.5) is 0 Å². The van der Waals surface area contributed by atoms with Crippen LogP contribution in [-0.2, 0) is 35.2 Å². The van der Waals surface area contributed by atoms with Gasteiger partial charge in [0.2, 0.25) is 23.6 Å². The SMILES string of the molecule is CC(C)C(NC(=O)C(N)Cc1ccc(O)cc1)C(=O)NC(CC(=O)O)C(=O)NC(CC(N)=O)C(=O)O. The average molecular weight is 510 g/mol. The number of primary amides is 1. The van der Waals surface area contributed by atoms with Gasteiger partial charge in [0.1, 0.15) is 23.9 Å². The Bertz CT molecular complexity index is 981. The van der Waals surface area contributed by atoms with Crippen LogP contribution >= 0.6 is 0 Å². The van der Waals surface area contributed by atoms with E-state index >= 15 is 0 Å². The van der Waals surface area contributed by atoms with Crippen molar-refractivity contribution in [1.29, 1.82) is 0 Å². The molecule has 0 saturated carbocycles. The molecule has 0 aliphatic rings. The van der Waals surface area contributed by atoms with Gasteiger partial charge in [0, 0.05) is 0 Å². The quantitative estimate of drug-likeness (QED) is 0.134. The topological polar surface area (TPSA) is 251 Å². The summed E-state index contributed by atoms with van der Waals surface area (Å²) in [4.78, 5) is 71.6. The van der Waals surface area contributed by atoms with Gasteiger partial charge < -0.3 is 42.7 Å². The highest BCUT2D eigenvalue weighted by Crippen LogP contribution is 2.11. The van der Waals surface area contributed by atoms with E-state index in [0.717, 1.165) is 0 Å². The first kappa shape index (κ1) is 29.8. The number of carbonyl (C=O) groups excluding carboxylic acids is 4. The van der Waals surface area contributed by atoms with Gasteiger partial charge in [0.05, 0.1) is 18.9 Å². The van der Waals surface area contributed by atoms with Crippen LogP contribution in [-0.4, -0.2) is 75.1 Å². The highest BCUT2D eigenvalue weighted by molar-refractivity contribution is 5.96. The number of hydrogen-bond acceptors (Lipinski definition) is 8. The molecule has 0 aromatic heterocycles. The molecule has 1 rings (SSSR count). The fourth-order valence-electron chi connectivity index (χ4n) is 3.09. The van der Waals surface area contributed by atoms with Crippen LogP contribution < -0.4 is 27.4 Å². The molecule has 0 saturated heterocycles. The predicted octanol–water partition coefficient (Wildman–Crippen LogP) is -2.19. The average Bonchev–Trinajstić information content (AvgIpc) is 2.76. The minimum atomic E-state index is -1.73. The molecular weight excluding hydrogens is 478 g/mol. The van der Waals surface area contributed by atoms with E-state index in [9.17, 15) is 33.9 Å². The lowest BCUT2D eigenvalue weighted by molar-refractivity contribution is -0.145. The number of phenols is 1. The summed E-state index contributed by atoms with van der Waals surface area (Å²) in [6, 6.07) is 0.280. The Hall–Kier alpha value is -4.20. The van der Waals surface area contributed by atoms with Crippen molar-refractivity contribution >= 4 is 35.6 Å². The highest BCUT2D eigenvalue weighted by atomic mass is 16.4. The third kappa shape index (κ3) is 9.97. The minimum absolute atomic E-state index is 0.0394. The molecule has 14 nitrogen and oxygen atoms in total. The van der Waals surface area contributed by atoms with E-state index in [1.165, 1.54) is 12.1 Å². The van der Waals surface area contributed by atoms with Crippen LogP contribution in [0, 0.1) is 5.92 Å². The van der Waals surface area contributed by atoms with E-state index in [1.807, 2.05) is 5.32 Å². The number of phenolic OH excluding ortho intramolecular Hbond substituents is 1. The third-order valence-corrected chi connectivity index (χ3v) is 5.01. The third-order valence-electron chi connectivity index (χ3n) is 5.01.